The Morgan fingerprint density at radius 3 is 2.27 bits per heavy atom. The number of aldehydes is 1. The van der Waals surface area contributed by atoms with Crippen LogP contribution in [0.4, 0.5) is 5.69 Å². The molecule has 0 saturated carbocycles. The smallest absolute Gasteiger partial charge is 0.323 e. The van der Waals surface area contributed by atoms with Crippen LogP contribution < -0.4 is 4.74 Å². The number of carbonyl (C=O) groups excluding carboxylic acids is 2. The number of hydrogen-bond acceptors (Lipinski definition) is 5. The lowest BCUT2D eigenvalue weighted by molar-refractivity contribution is -0.384. The molecule has 4 atom stereocenters. The zero-order chi connectivity index (χ0) is 23.2. The Balaban J connectivity index is 1.83. The molecule has 5 rings (SSSR count). The van der Waals surface area contributed by atoms with Crippen LogP contribution >= 0.6 is 0 Å². The highest BCUT2D eigenvalue weighted by Crippen LogP contribution is 2.62. The number of non-ortho nitro benzene ring substituents is 1. The van der Waals surface area contributed by atoms with Gasteiger partial charge < -0.3 is 4.74 Å². The van der Waals surface area contributed by atoms with E-state index in [0.717, 1.165) is 23.0 Å². The quantitative estimate of drug-likeness (QED) is 0.186. The third-order valence-corrected chi connectivity index (χ3v) is 6.87. The summed E-state index contributed by atoms with van der Waals surface area (Å²) in [5.41, 5.74) is 1.66. The van der Waals surface area contributed by atoms with Gasteiger partial charge in [-0.25, -0.2) is 0 Å². The van der Waals surface area contributed by atoms with E-state index >= 15 is 0 Å². The molecule has 6 nitrogen and oxygen atoms in total. The van der Waals surface area contributed by atoms with Crippen molar-refractivity contribution in [2.24, 2.45) is 5.92 Å². The summed E-state index contributed by atoms with van der Waals surface area (Å²) < 4.78 is 5.82. The number of benzene rings is 3. The highest BCUT2D eigenvalue weighted by Gasteiger charge is 2.63. The summed E-state index contributed by atoms with van der Waals surface area (Å²) in [5, 5.41) is 11.2. The summed E-state index contributed by atoms with van der Waals surface area (Å²) >= 11 is 0. The topological polar surface area (TPSA) is 86.5 Å². The SMILES string of the molecule is C[C@H]1C=C(C=O)[C@@H](c2ccccc2)[C@]2(C(=O)Oc3ccccc32)[C@@H]1c1ccc([N+](=O)[O-])cc1. The molecular formula is C27H21NO5. The average molecular weight is 439 g/mol. The minimum Gasteiger partial charge on any atom is -0.425 e. The van der Waals surface area contributed by atoms with Crippen molar-refractivity contribution in [2.45, 2.75) is 24.2 Å². The van der Waals surface area contributed by atoms with Gasteiger partial charge in [0.1, 0.15) is 17.5 Å². The van der Waals surface area contributed by atoms with Gasteiger partial charge in [0.2, 0.25) is 0 Å². The van der Waals surface area contributed by atoms with E-state index in [1.54, 1.807) is 18.2 Å². The van der Waals surface area contributed by atoms with Crippen LogP contribution in [0, 0.1) is 16.0 Å². The number of ether oxygens (including phenoxy) is 1. The monoisotopic (exact) mass is 439 g/mol. The molecule has 0 unspecified atom stereocenters. The maximum absolute atomic E-state index is 13.9. The number of fused-ring (bicyclic) bond motifs is 2. The molecular weight excluding hydrogens is 418 g/mol. The second-order valence-corrected chi connectivity index (χ2v) is 8.57. The van der Waals surface area contributed by atoms with Crippen molar-refractivity contribution in [3.8, 4) is 5.75 Å². The maximum atomic E-state index is 13.9. The summed E-state index contributed by atoms with van der Waals surface area (Å²) in [7, 11) is 0. The second-order valence-electron chi connectivity index (χ2n) is 8.57. The molecule has 1 heterocycles. The Hall–Kier alpha value is -4.06. The van der Waals surface area contributed by atoms with Crippen molar-refractivity contribution < 1.29 is 19.2 Å². The van der Waals surface area contributed by atoms with Crippen molar-refractivity contribution in [2.75, 3.05) is 0 Å². The number of esters is 1. The molecule has 33 heavy (non-hydrogen) atoms. The van der Waals surface area contributed by atoms with Gasteiger partial charge >= 0.3 is 5.97 Å². The largest absolute Gasteiger partial charge is 0.425 e. The van der Waals surface area contributed by atoms with Crippen molar-refractivity contribution in [1.82, 2.24) is 0 Å². The van der Waals surface area contributed by atoms with Crippen molar-refractivity contribution in [1.29, 1.82) is 0 Å². The number of para-hydroxylation sites is 1. The van der Waals surface area contributed by atoms with Gasteiger partial charge in [-0.2, -0.15) is 0 Å². The van der Waals surface area contributed by atoms with Crippen LogP contribution in [-0.4, -0.2) is 17.2 Å². The first-order valence-corrected chi connectivity index (χ1v) is 10.8. The number of nitro groups is 1. The number of rotatable bonds is 4. The second kappa shape index (κ2) is 7.81. The summed E-state index contributed by atoms with van der Waals surface area (Å²) in [4.78, 5) is 37.0. The van der Waals surface area contributed by atoms with Gasteiger partial charge in [0.05, 0.1) is 4.92 Å². The minimum atomic E-state index is -1.20. The van der Waals surface area contributed by atoms with Crippen LogP contribution in [-0.2, 0) is 15.0 Å². The van der Waals surface area contributed by atoms with Crippen LogP contribution in [0.2, 0.25) is 0 Å². The van der Waals surface area contributed by atoms with E-state index in [9.17, 15) is 19.7 Å². The number of nitrogens with zero attached hydrogens (tertiary/aromatic N) is 1. The van der Waals surface area contributed by atoms with Gasteiger partial charge in [-0.05, 0) is 28.7 Å². The predicted molar refractivity (Wildman–Crippen MR) is 122 cm³/mol. The molecule has 1 spiro atoms. The Kier molecular flexibility index (Phi) is 4.93. The standard InChI is InChI=1S/C27H21NO5/c1-17-15-20(16-29)25(18-7-3-2-4-8-18)27(22-9-5-6-10-23(22)33-26(27)30)24(17)19-11-13-21(14-12-19)28(31)32/h2-17,24-25H,1H3/t17-,24-,25+,27+/m0/s1. The fraction of sp³-hybridized carbons (Fsp3) is 0.185. The lowest BCUT2D eigenvalue weighted by atomic mass is 9.52. The Morgan fingerprint density at radius 1 is 0.939 bits per heavy atom. The predicted octanol–water partition coefficient (Wildman–Crippen LogP) is 5.09. The third kappa shape index (κ3) is 3.02. The first-order chi connectivity index (χ1) is 16.0. The first kappa shape index (κ1) is 20.8. The van der Waals surface area contributed by atoms with Crippen LogP contribution in [0.25, 0.3) is 0 Å². The zero-order valence-corrected chi connectivity index (χ0v) is 17.9. The number of nitro benzene ring substituents is 1. The molecule has 0 amide bonds. The average Bonchev–Trinajstić information content (AvgIpc) is 3.11. The lowest BCUT2D eigenvalue weighted by Crippen LogP contribution is -2.50. The maximum Gasteiger partial charge on any atom is 0.323 e. The zero-order valence-electron chi connectivity index (χ0n) is 17.9. The van der Waals surface area contributed by atoms with Gasteiger partial charge in [-0.1, -0.05) is 73.7 Å². The van der Waals surface area contributed by atoms with Gasteiger partial charge in [-0.3, -0.25) is 19.7 Å². The highest BCUT2D eigenvalue weighted by atomic mass is 16.6. The normalized spacial score (nSPS) is 25.8. The number of hydrogen-bond donors (Lipinski definition) is 0. The summed E-state index contributed by atoms with van der Waals surface area (Å²) in [6.07, 6.45) is 2.74. The Labute approximate surface area is 190 Å². The fourth-order valence-electron chi connectivity index (χ4n) is 5.69. The first-order valence-electron chi connectivity index (χ1n) is 10.8. The highest BCUT2D eigenvalue weighted by molar-refractivity contribution is 5.96. The van der Waals surface area contributed by atoms with E-state index in [0.29, 0.717) is 11.3 Å². The number of allylic oxidation sites excluding steroid dienone is 2. The van der Waals surface area contributed by atoms with Crippen molar-refractivity contribution in [3.05, 3.63) is 117 Å². The van der Waals surface area contributed by atoms with Crippen LogP contribution in [0.15, 0.2) is 90.5 Å². The Morgan fingerprint density at radius 2 is 1.61 bits per heavy atom. The molecule has 0 bridgehead atoms. The van der Waals surface area contributed by atoms with Crippen LogP contribution in [0.5, 0.6) is 5.75 Å². The van der Waals surface area contributed by atoms with Crippen LogP contribution in [0.1, 0.15) is 35.4 Å². The third-order valence-electron chi connectivity index (χ3n) is 6.87. The lowest BCUT2D eigenvalue weighted by Gasteiger charge is -2.47. The van der Waals surface area contributed by atoms with E-state index in [2.05, 4.69) is 0 Å². The van der Waals surface area contributed by atoms with E-state index in [4.69, 9.17) is 4.74 Å². The van der Waals surface area contributed by atoms with E-state index in [1.165, 1.54) is 12.1 Å². The molecule has 0 aromatic heterocycles. The molecule has 1 aliphatic carbocycles. The fourth-order valence-corrected chi connectivity index (χ4v) is 5.69. The van der Waals surface area contributed by atoms with Gasteiger partial charge in [-0.15, -0.1) is 0 Å². The number of carbonyl (C=O) groups is 2. The molecule has 164 valence electrons. The van der Waals surface area contributed by atoms with Gasteiger partial charge in [0.15, 0.2) is 0 Å². The molecule has 0 radical (unpaired) electrons. The van der Waals surface area contributed by atoms with Gasteiger partial charge in [0.25, 0.3) is 5.69 Å². The summed E-state index contributed by atoms with van der Waals surface area (Å²) in [5.74, 6) is -1.10. The van der Waals surface area contributed by atoms with E-state index < -0.39 is 28.1 Å². The molecule has 6 heteroatoms. The molecule has 3 aromatic rings. The molecule has 1 aliphatic heterocycles. The van der Waals surface area contributed by atoms with Crippen molar-refractivity contribution >= 4 is 17.9 Å². The summed E-state index contributed by atoms with van der Waals surface area (Å²) in [6, 6.07) is 23.1. The van der Waals surface area contributed by atoms with Crippen LogP contribution in [0.3, 0.4) is 0 Å². The molecule has 0 fully saturated rings. The van der Waals surface area contributed by atoms with Crippen molar-refractivity contribution in [3.63, 3.8) is 0 Å². The molecule has 0 N–H and O–H groups in total. The van der Waals surface area contributed by atoms with E-state index in [1.807, 2.05) is 61.5 Å². The van der Waals surface area contributed by atoms with Gasteiger partial charge in [0, 0.05) is 29.5 Å². The van der Waals surface area contributed by atoms with E-state index in [-0.39, 0.29) is 11.6 Å². The Bertz CT molecular complexity index is 1280. The molecule has 0 saturated heterocycles. The molecule has 2 aliphatic rings. The minimum absolute atomic E-state index is 0.0191. The molecule has 3 aromatic carbocycles. The summed E-state index contributed by atoms with van der Waals surface area (Å²) in [6.45, 7) is 1.97.